The molecule has 160 valence electrons. The topological polar surface area (TPSA) is 59.4 Å². The predicted molar refractivity (Wildman–Crippen MR) is 124 cm³/mol. The van der Waals surface area contributed by atoms with E-state index in [1.807, 2.05) is 18.2 Å². The molecule has 1 fully saturated rings. The Morgan fingerprint density at radius 1 is 1.16 bits per heavy atom. The normalized spacial score (nSPS) is 18.1. The molecule has 0 unspecified atom stereocenters. The molecule has 0 bridgehead atoms. The van der Waals surface area contributed by atoms with Gasteiger partial charge in [0.1, 0.15) is 0 Å². The molecule has 1 N–H and O–H groups in total. The molecule has 4 rings (SSSR count). The number of thiocarbonyl (C=S) groups is 1. The minimum atomic E-state index is -0.209. The Morgan fingerprint density at radius 2 is 1.97 bits per heavy atom. The predicted octanol–water partition coefficient (Wildman–Crippen LogP) is 4.11. The van der Waals surface area contributed by atoms with Gasteiger partial charge in [-0.1, -0.05) is 23.8 Å². The summed E-state index contributed by atoms with van der Waals surface area (Å²) in [5.41, 5.74) is 4.36. The highest BCUT2D eigenvalue weighted by atomic mass is 32.1. The van der Waals surface area contributed by atoms with Gasteiger partial charge < -0.3 is 19.5 Å². The van der Waals surface area contributed by atoms with Crippen LogP contribution in [0.1, 0.15) is 41.9 Å². The first-order valence-electron chi connectivity index (χ1n) is 10.4. The summed E-state index contributed by atoms with van der Waals surface area (Å²) >= 11 is 5.71. The fourth-order valence-electron chi connectivity index (χ4n) is 4.04. The van der Waals surface area contributed by atoms with E-state index in [1.54, 1.807) is 6.20 Å². The SMILES string of the molecule is COC(=O)CCCN1C(=S)N[C@H](c2ccccn2)[C@@H]1c1cccn1-c1ccc(C)cc1. The summed E-state index contributed by atoms with van der Waals surface area (Å²) in [6.07, 6.45) is 4.89. The summed E-state index contributed by atoms with van der Waals surface area (Å²) in [6, 6.07) is 18.4. The number of aromatic nitrogens is 2. The first kappa shape index (κ1) is 21.1. The van der Waals surface area contributed by atoms with Gasteiger partial charge in [-0.15, -0.1) is 0 Å². The number of carbonyl (C=O) groups is 1. The Balaban J connectivity index is 1.70. The zero-order chi connectivity index (χ0) is 21.8. The molecular formula is C24H26N4O2S. The number of pyridine rings is 1. The van der Waals surface area contributed by atoms with Gasteiger partial charge in [0.2, 0.25) is 0 Å². The molecule has 3 heterocycles. The van der Waals surface area contributed by atoms with Gasteiger partial charge >= 0.3 is 5.97 Å². The van der Waals surface area contributed by atoms with Crippen LogP contribution in [-0.2, 0) is 9.53 Å². The molecular weight excluding hydrogens is 408 g/mol. The number of nitrogens with one attached hydrogen (secondary N) is 1. The van der Waals surface area contributed by atoms with Crippen LogP contribution in [0, 0.1) is 6.92 Å². The van der Waals surface area contributed by atoms with Crippen LogP contribution in [0.4, 0.5) is 0 Å². The third kappa shape index (κ3) is 4.46. The van der Waals surface area contributed by atoms with E-state index in [0.29, 0.717) is 24.5 Å². The third-order valence-corrected chi connectivity index (χ3v) is 5.95. The summed E-state index contributed by atoms with van der Waals surface area (Å²) < 4.78 is 7.00. The van der Waals surface area contributed by atoms with Crippen LogP contribution >= 0.6 is 12.2 Å². The number of hydrogen-bond acceptors (Lipinski definition) is 4. The summed E-state index contributed by atoms with van der Waals surface area (Å²) in [7, 11) is 1.42. The number of aryl methyl sites for hydroxylation is 1. The Labute approximate surface area is 187 Å². The van der Waals surface area contributed by atoms with Gasteiger partial charge in [0.05, 0.1) is 24.9 Å². The van der Waals surface area contributed by atoms with Crippen LogP contribution < -0.4 is 5.32 Å². The fraction of sp³-hybridized carbons (Fsp3) is 0.292. The highest BCUT2D eigenvalue weighted by molar-refractivity contribution is 7.80. The molecule has 2 atom stereocenters. The first-order valence-corrected chi connectivity index (χ1v) is 10.8. The number of rotatable bonds is 7. The van der Waals surface area contributed by atoms with Crippen molar-refractivity contribution in [3.05, 3.63) is 83.9 Å². The van der Waals surface area contributed by atoms with Gasteiger partial charge in [-0.25, -0.2) is 0 Å². The van der Waals surface area contributed by atoms with E-state index in [9.17, 15) is 4.79 Å². The van der Waals surface area contributed by atoms with Gasteiger partial charge in [-0.3, -0.25) is 9.78 Å². The number of nitrogens with zero attached hydrogens (tertiary/aromatic N) is 3. The van der Waals surface area contributed by atoms with E-state index >= 15 is 0 Å². The standard InChI is InChI=1S/C24H26N4O2S/c1-17-10-12-18(13-11-17)27-15-5-8-20(27)23-22(19-7-3-4-14-25-19)26-24(31)28(23)16-6-9-21(29)30-2/h3-5,7-8,10-15,22-23H,6,9,16H2,1-2H3,(H,26,31)/t22-,23+/m1/s1. The van der Waals surface area contributed by atoms with Crippen molar-refractivity contribution in [3.63, 3.8) is 0 Å². The van der Waals surface area contributed by atoms with E-state index in [1.165, 1.54) is 12.7 Å². The molecule has 0 spiro atoms. The van der Waals surface area contributed by atoms with Crippen molar-refractivity contribution in [2.24, 2.45) is 0 Å². The smallest absolute Gasteiger partial charge is 0.305 e. The molecule has 0 aliphatic carbocycles. The Bertz CT molecular complexity index is 1050. The van der Waals surface area contributed by atoms with Crippen molar-refractivity contribution >= 4 is 23.3 Å². The molecule has 1 aliphatic rings. The minimum Gasteiger partial charge on any atom is -0.469 e. The zero-order valence-corrected chi connectivity index (χ0v) is 18.5. The van der Waals surface area contributed by atoms with Crippen molar-refractivity contribution in [2.75, 3.05) is 13.7 Å². The maximum absolute atomic E-state index is 11.6. The molecule has 3 aromatic rings. The minimum absolute atomic E-state index is 0.0589. The first-order chi connectivity index (χ1) is 15.1. The highest BCUT2D eigenvalue weighted by Gasteiger charge is 2.41. The Kier molecular flexibility index (Phi) is 6.32. The zero-order valence-electron chi connectivity index (χ0n) is 17.7. The molecule has 7 heteroatoms. The number of carbonyl (C=O) groups excluding carboxylic acids is 1. The van der Waals surface area contributed by atoms with Crippen LogP contribution in [0.25, 0.3) is 5.69 Å². The molecule has 0 saturated carbocycles. The largest absolute Gasteiger partial charge is 0.469 e. The molecule has 0 radical (unpaired) electrons. The highest BCUT2D eigenvalue weighted by Crippen LogP contribution is 2.39. The Morgan fingerprint density at radius 3 is 2.68 bits per heavy atom. The number of ether oxygens (including phenoxy) is 1. The molecule has 2 aromatic heterocycles. The summed E-state index contributed by atoms with van der Waals surface area (Å²) in [5, 5.41) is 4.13. The van der Waals surface area contributed by atoms with Crippen LogP contribution in [-0.4, -0.2) is 39.2 Å². The van der Waals surface area contributed by atoms with Gasteiger partial charge in [-0.2, -0.15) is 0 Å². The van der Waals surface area contributed by atoms with Crippen LogP contribution in [0.3, 0.4) is 0 Å². The van der Waals surface area contributed by atoms with Crippen molar-refractivity contribution in [1.82, 2.24) is 19.8 Å². The summed E-state index contributed by atoms with van der Waals surface area (Å²) in [5.74, 6) is -0.209. The monoisotopic (exact) mass is 434 g/mol. The number of hydrogen-bond donors (Lipinski definition) is 1. The number of methoxy groups -OCH3 is 1. The maximum Gasteiger partial charge on any atom is 0.305 e. The molecule has 0 amide bonds. The van der Waals surface area contributed by atoms with E-state index < -0.39 is 0 Å². The fourth-order valence-corrected chi connectivity index (χ4v) is 4.37. The lowest BCUT2D eigenvalue weighted by atomic mass is 10.0. The average Bonchev–Trinajstić information content (AvgIpc) is 3.39. The average molecular weight is 435 g/mol. The third-order valence-electron chi connectivity index (χ3n) is 5.60. The molecule has 1 aromatic carbocycles. The van der Waals surface area contributed by atoms with Crippen molar-refractivity contribution in [1.29, 1.82) is 0 Å². The van der Waals surface area contributed by atoms with E-state index in [2.05, 4.69) is 69.3 Å². The lowest BCUT2D eigenvalue weighted by molar-refractivity contribution is -0.140. The van der Waals surface area contributed by atoms with Crippen LogP contribution in [0.2, 0.25) is 0 Å². The Hall–Kier alpha value is -3.19. The van der Waals surface area contributed by atoms with Crippen LogP contribution in [0.15, 0.2) is 67.0 Å². The van der Waals surface area contributed by atoms with Crippen molar-refractivity contribution in [2.45, 2.75) is 31.8 Å². The van der Waals surface area contributed by atoms with Gasteiger partial charge in [0.15, 0.2) is 5.11 Å². The second-order valence-electron chi connectivity index (χ2n) is 7.64. The molecule has 1 aliphatic heterocycles. The summed E-state index contributed by atoms with van der Waals surface area (Å²) in [4.78, 5) is 18.4. The molecule has 1 saturated heterocycles. The summed E-state index contributed by atoms with van der Waals surface area (Å²) in [6.45, 7) is 2.73. The van der Waals surface area contributed by atoms with Gasteiger partial charge in [-0.05, 0) is 62.0 Å². The second kappa shape index (κ2) is 9.31. The van der Waals surface area contributed by atoms with E-state index in [0.717, 1.165) is 17.1 Å². The maximum atomic E-state index is 11.6. The van der Waals surface area contributed by atoms with E-state index in [4.69, 9.17) is 17.0 Å². The lowest BCUT2D eigenvalue weighted by Crippen LogP contribution is -2.31. The lowest BCUT2D eigenvalue weighted by Gasteiger charge is -2.29. The van der Waals surface area contributed by atoms with Gasteiger partial charge in [0.25, 0.3) is 0 Å². The van der Waals surface area contributed by atoms with Crippen molar-refractivity contribution in [3.8, 4) is 5.69 Å². The van der Waals surface area contributed by atoms with Crippen molar-refractivity contribution < 1.29 is 9.53 Å². The molecule has 6 nitrogen and oxygen atoms in total. The van der Waals surface area contributed by atoms with Crippen LogP contribution in [0.5, 0.6) is 0 Å². The van der Waals surface area contributed by atoms with Gasteiger partial charge in [0, 0.05) is 36.7 Å². The quantitative estimate of drug-likeness (QED) is 0.446. The number of esters is 1. The molecule has 31 heavy (non-hydrogen) atoms. The second-order valence-corrected chi connectivity index (χ2v) is 8.02. The number of benzene rings is 1. The van der Waals surface area contributed by atoms with E-state index in [-0.39, 0.29) is 18.1 Å².